The number of rotatable bonds is 4. The molecule has 0 bridgehead atoms. The van der Waals surface area contributed by atoms with Gasteiger partial charge in [-0.3, -0.25) is 4.84 Å². The molecule has 1 N–H and O–H groups in total. The van der Waals surface area contributed by atoms with Gasteiger partial charge in [0.05, 0.1) is 6.61 Å². The fourth-order valence-electron chi connectivity index (χ4n) is 0.359. The van der Waals surface area contributed by atoms with Gasteiger partial charge in [0.1, 0.15) is 0 Å². The van der Waals surface area contributed by atoms with Gasteiger partial charge in [-0.25, -0.2) is 0 Å². The highest BCUT2D eigenvalue weighted by molar-refractivity contribution is 4.75. The van der Waals surface area contributed by atoms with Crippen molar-refractivity contribution < 1.29 is 4.84 Å². The second kappa shape index (κ2) is 5.79. The van der Waals surface area contributed by atoms with E-state index in [0.717, 1.165) is 0 Å². The molecule has 0 spiro atoms. The van der Waals surface area contributed by atoms with Crippen molar-refractivity contribution in [2.45, 2.75) is 26.8 Å². The Hall–Kier alpha value is -0.340. The molecule has 0 aliphatic heterocycles. The normalized spacial score (nSPS) is 11.6. The van der Waals surface area contributed by atoms with Gasteiger partial charge in [0, 0.05) is 6.04 Å². The van der Waals surface area contributed by atoms with Crippen molar-refractivity contribution in [1.82, 2.24) is 5.48 Å². The van der Waals surface area contributed by atoms with E-state index in [1.54, 1.807) is 0 Å². The summed E-state index contributed by atoms with van der Waals surface area (Å²) in [6.45, 7) is 6.69. The number of nitrogens with one attached hydrogen (secondary N) is 1. The number of hydrogen-bond acceptors (Lipinski definition) is 2. The first kappa shape index (κ1) is 8.66. The van der Waals surface area contributed by atoms with Crippen molar-refractivity contribution in [2.75, 3.05) is 6.61 Å². The molecule has 9 heavy (non-hydrogen) atoms. The lowest BCUT2D eigenvalue weighted by Crippen LogP contribution is -2.22. The van der Waals surface area contributed by atoms with Gasteiger partial charge in [-0.05, 0) is 20.8 Å². The van der Waals surface area contributed by atoms with Crippen LogP contribution in [-0.4, -0.2) is 12.6 Å². The van der Waals surface area contributed by atoms with Crippen molar-refractivity contribution in [1.29, 1.82) is 0 Å². The number of hydrogen-bond donors (Lipinski definition) is 1. The Morgan fingerprint density at radius 2 is 2.22 bits per heavy atom. The first-order valence-corrected chi connectivity index (χ1v) is 3.26. The van der Waals surface area contributed by atoms with Crippen molar-refractivity contribution in [3.8, 4) is 0 Å². The summed E-state index contributed by atoms with van der Waals surface area (Å²) in [5, 5.41) is 0. The lowest BCUT2D eigenvalue weighted by atomic mass is 10.4. The van der Waals surface area contributed by atoms with E-state index in [1.165, 1.54) is 0 Å². The molecule has 0 aromatic heterocycles. The van der Waals surface area contributed by atoms with Crippen molar-refractivity contribution >= 4 is 0 Å². The Labute approximate surface area is 56.9 Å². The van der Waals surface area contributed by atoms with Gasteiger partial charge in [-0.1, -0.05) is 12.2 Å². The van der Waals surface area contributed by atoms with E-state index in [4.69, 9.17) is 4.84 Å². The molecule has 0 radical (unpaired) electrons. The van der Waals surface area contributed by atoms with Crippen LogP contribution in [0.4, 0.5) is 0 Å². The van der Waals surface area contributed by atoms with E-state index in [9.17, 15) is 0 Å². The maximum absolute atomic E-state index is 5.00. The molecule has 0 amide bonds. The first-order chi connectivity index (χ1) is 4.27. The third-order valence-electron chi connectivity index (χ3n) is 0.734. The lowest BCUT2D eigenvalue weighted by molar-refractivity contribution is 0.0438. The summed E-state index contributed by atoms with van der Waals surface area (Å²) in [6, 6.07) is 0.398. The van der Waals surface area contributed by atoms with Crippen molar-refractivity contribution in [2.24, 2.45) is 0 Å². The Kier molecular flexibility index (Phi) is 5.57. The molecule has 2 nitrogen and oxygen atoms in total. The average molecular weight is 129 g/mol. The molecule has 0 fully saturated rings. The van der Waals surface area contributed by atoms with Crippen LogP contribution >= 0.6 is 0 Å². The minimum atomic E-state index is 0.398. The zero-order valence-electron chi connectivity index (χ0n) is 6.35. The minimum Gasteiger partial charge on any atom is -0.297 e. The lowest BCUT2D eigenvalue weighted by Gasteiger charge is -2.05. The SMILES string of the molecule is CC=CCONC(C)C. The summed E-state index contributed by atoms with van der Waals surface area (Å²) in [6.07, 6.45) is 3.91. The van der Waals surface area contributed by atoms with E-state index in [1.807, 2.05) is 32.9 Å². The molecular weight excluding hydrogens is 114 g/mol. The molecule has 54 valence electrons. The third kappa shape index (κ3) is 7.66. The van der Waals surface area contributed by atoms with Gasteiger partial charge < -0.3 is 0 Å². The number of hydroxylamine groups is 1. The van der Waals surface area contributed by atoms with Crippen LogP contribution in [0.25, 0.3) is 0 Å². The van der Waals surface area contributed by atoms with Gasteiger partial charge in [0.25, 0.3) is 0 Å². The van der Waals surface area contributed by atoms with Crippen LogP contribution in [0.1, 0.15) is 20.8 Å². The van der Waals surface area contributed by atoms with Crippen LogP contribution in [0.3, 0.4) is 0 Å². The first-order valence-electron chi connectivity index (χ1n) is 3.26. The molecule has 0 atom stereocenters. The van der Waals surface area contributed by atoms with Crippen LogP contribution in [-0.2, 0) is 4.84 Å². The second-order valence-corrected chi connectivity index (χ2v) is 2.15. The standard InChI is InChI=1S/C7H15NO/c1-4-5-6-9-8-7(2)3/h4-5,7-8H,6H2,1-3H3. The molecule has 0 aliphatic rings. The topological polar surface area (TPSA) is 21.3 Å². The highest BCUT2D eigenvalue weighted by atomic mass is 16.6. The molecule has 0 aromatic rings. The molecular formula is C7H15NO. The maximum Gasteiger partial charge on any atom is 0.0863 e. The zero-order chi connectivity index (χ0) is 7.11. The molecule has 0 aromatic carbocycles. The van der Waals surface area contributed by atoms with Gasteiger partial charge in [0.2, 0.25) is 0 Å². The molecule has 2 heteroatoms. The summed E-state index contributed by atoms with van der Waals surface area (Å²) in [7, 11) is 0. The van der Waals surface area contributed by atoms with Crippen molar-refractivity contribution in [3.63, 3.8) is 0 Å². The van der Waals surface area contributed by atoms with Gasteiger partial charge in [0.15, 0.2) is 0 Å². The summed E-state index contributed by atoms with van der Waals surface area (Å²) in [4.78, 5) is 5.00. The second-order valence-electron chi connectivity index (χ2n) is 2.15. The Balaban J connectivity index is 2.91. The molecule has 0 aliphatic carbocycles. The van der Waals surface area contributed by atoms with Crippen molar-refractivity contribution in [3.05, 3.63) is 12.2 Å². The van der Waals surface area contributed by atoms with E-state index < -0.39 is 0 Å². The maximum atomic E-state index is 5.00. The predicted octanol–water partition coefficient (Wildman–Crippen LogP) is 1.49. The summed E-state index contributed by atoms with van der Waals surface area (Å²) in [5.74, 6) is 0. The van der Waals surface area contributed by atoms with Crippen LogP contribution in [0.15, 0.2) is 12.2 Å². The summed E-state index contributed by atoms with van der Waals surface area (Å²) < 4.78 is 0. The number of allylic oxidation sites excluding steroid dienone is 1. The van der Waals surface area contributed by atoms with Gasteiger partial charge in [-0.2, -0.15) is 5.48 Å². The van der Waals surface area contributed by atoms with Crippen LogP contribution in [0.2, 0.25) is 0 Å². The average Bonchev–Trinajstić information content (AvgIpc) is 1.80. The molecule has 0 rings (SSSR count). The Morgan fingerprint density at radius 1 is 1.56 bits per heavy atom. The van der Waals surface area contributed by atoms with Crippen LogP contribution in [0.5, 0.6) is 0 Å². The highest BCUT2D eigenvalue weighted by Gasteiger charge is 1.86. The summed E-state index contributed by atoms with van der Waals surface area (Å²) in [5.41, 5.74) is 2.83. The minimum absolute atomic E-state index is 0.398. The van der Waals surface area contributed by atoms with Gasteiger partial charge >= 0.3 is 0 Å². The monoisotopic (exact) mass is 129 g/mol. The van der Waals surface area contributed by atoms with E-state index in [2.05, 4.69) is 5.48 Å². The Morgan fingerprint density at radius 3 is 2.67 bits per heavy atom. The molecule has 0 saturated heterocycles. The predicted molar refractivity (Wildman–Crippen MR) is 39.0 cm³/mol. The van der Waals surface area contributed by atoms with Crippen LogP contribution < -0.4 is 5.48 Å². The zero-order valence-corrected chi connectivity index (χ0v) is 6.35. The quantitative estimate of drug-likeness (QED) is 0.353. The van der Waals surface area contributed by atoms with Crippen LogP contribution in [0, 0.1) is 0 Å². The van der Waals surface area contributed by atoms with E-state index >= 15 is 0 Å². The fourth-order valence-corrected chi connectivity index (χ4v) is 0.359. The highest BCUT2D eigenvalue weighted by Crippen LogP contribution is 1.77. The smallest absolute Gasteiger partial charge is 0.0863 e. The Bertz CT molecular complexity index is 79.0. The third-order valence-corrected chi connectivity index (χ3v) is 0.734. The largest absolute Gasteiger partial charge is 0.297 e. The van der Waals surface area contributed by atoms with Gasteiger partial charge in [-0.15, -0.1) is 0 Å². The fraction of sp³-hybridized carbons (Fsp3) is 0.714. The molecule has 0 heterocycles. The summed E-state index contributed by atoms with van der Waals surface area (Å²) >= 11 is 0. The molecule has 0 unspecified atom stereocenters. The van der Waals surface area contributed by atoms with E-state index in [0.29, 0.717) is 12.6 Å². The van der Waals surface area contributed by atoms with E-state index in [-0.39, 0.29) is 0 Å². The molecule has 0 saturated carbocycles.